The molecule has 0 unspecified atom stereocenters. The molecule has 1 N–H and O–H groups in total. The standard InChI is InChI=1S/C19H16FN3O5/c1-26-15-9-5-4-8-14(15)21-17(24)10-16-22-18(28-23-16)11-27-19(25)12-6-2-3-7-13(12)20/h2-9H,10-11H2,1H3,(H,21,24). The lowest BCUT2D eigenvalue weighted by Crippen LogP contribution is -2.15. The Balaban J connectivity index is 1.54. The van der Waals surface area contributed by atoms with Gasteiger partial charge in [-0.2, -0.15) is 4.98 Å². The first-order valence-corrected chi connectivity index (χ1v) is 8.23. The predicted molar refractivity (Wildman–Crippen MR) is 95.1 cm³/mol. The fraction of sp³-hybridized carbons (Fsp3) is 0.158. The lowest BCUT2D eigenvalue weighted by Gasteiger charge is -2.08. The van der Waals surface area contributed by atoms with Crippen molar-refractivity contribution in [2.75, 3.05) is 12.4 Å². The number of para-hydroxylation sites is 2. The maximum Gasteiger partial charge on any atom is 0.341 e. The number of amides is 1. The molecule has 0 fully saturated rings. The fourth-order valence-electron chi connectivity index (χ4n) is 2.34. The van der Waals surface area contributed by atoms with E-state index in [4.69, 9.17) is 14.0 Å². The Kier molecular flexibility index (Phi) is 5.95. The van der Waals surface area contributed by atoms with Gasteiger partial charge in [-0.05, 0) is 24.3 Å². The number of hydrogen-bond acceptors (Lipinski definition) is 7. The van der Waals surface area contributed by atoms with Crippen LogP contribution in [0.5, 0.6) is 5.75 Å². The molecule has 9 heteroatoms. The summed E-state index contributed by atoms with van der Waals surface area (Å²) in [6.07, 6.45) is -0.150. The van der Waals surface area contributed by atoms with Crippen LogP contribution in [0.15, 0.2) is 53.1 Å². The first kappa shape index (κ1) is 19.0. The van der Waals surface area contributed by atoms with E-state index < -0.39 is 11.8 Å². The van der Waals surface area contributed by atoms with Crippen molar-refractivity contribution in [1.29, 1.82) is 0 Å². The summed E-state index contributed by atoms with van der Waals surface area (Å²) >= 11 is 0. The molecule has 0 bridgehead atoms. The van der Waals surface area contributed by atoms with Crippen LogP contribution in [0.25, 0.3) is 0 Å². The van der Waals surface area contributed by atoms with E-state index in [0.717, 1.165) is 6.07 Å². The molecule has 1 heterocycles. The highest BCUT2D eigenvalue weighted by atomic mass is 19.1. The minimum atomic E-state index is -0.855. The van der Waals surface area contributed by atoms with Crippen LogP contribution in [-0.2, 0) is 22.6 Å². The van der Waals surface area contributed by atoms with Gasteiger partial charge in [0.15, 0.2) is 12.4 Å². The summed E-state index contributed by atoms with van der Waals surface area (Å²) in [6, 6.07) is 12.4. The van der Waals surface area contributed by atoms with Gasteiger partial charge in [-0.25, -0.2) is 9.18 Å². The minimum absolute atomic E-state index is 0.00946. The Labute approximate surface area is 159 Å². The van der Waals surface area contributed by atoms with Crippen LogP contribution in [0.1, 0.15) is 22.1 Å². The third kappa shape index (κ3) is 4.70. The van der Waals surface area contributed by atoms with Crippen molar-refractivity contribution >= 4 is 17.6 Å². The number of carbonyl (C=O) groups excluding carboxylic acids is 2. The number of esters is 1. The number of carbonyl (C=O) groups is 2. The molecule has 0 radical (unpaired) electrons. The van der Waals surface area contributed by atoms with E-state index in [1.165, 1.54) is 25.3 Å². The lowest BCUT2D eigenvalue weighted by molar-refractivity contribution is -0.115. The number of nitrogens with one attached hydrogen (secondary N) is 1. The SMILES string of the molecule is COc1ccccc1NC(=O)Cc1noc(COC(=O)c2ccccc2F)n1. The molecule has 1 aromatic heterocycles. The summed E-state index contributed by atoms with van der Waals surface area (Å²) in [5.41, 5.74) is 0.316. The summed E-state index contributed by atoms with van der Waals surface area (Å²) < 4.78 is 28.6. The van der Waals surface area contributed by atoms with Crippen molar-refractivity contribution in [3.8, 4) is 5.75 Å². The van der Waals surface area contributed by atoms with Crippen molar-refractivity contribution in [2.45, 2.75) is 13.0 Å². The predicted octanol–water partition coefficient (Wildman–Crippen LogP) is 2.76. The average molecular weight is 385 g/mol. The Morgan fingerprint density at radius 2 is 1.89 bits per heavy atom. The van der Waals surface area contributed by atoms with Gasteiger partial charge in [0.25, 0.3) is 5.89 Å². The van der Waals surface area contributed by atoms with E-state index in [1.807, 2.05) is 0 Å². The number of anilines is 1. The molecule has 3 rings (SSSR count). The largest absolute Gasteiger partial charge is 0.495 e. The number of methoxy groups -OCH3 is 1. The molecule has 0 atom stereocenters. The summed E-state index contributed by atoms with van der Waals surface area (Å²) in [5, 5.41) is 6.35. The highest BCUT2D eigenvalue weighted by Crippen LogP contribution is 2.23. The monoisotopic (exact) mass is 385 g/mol. The van der Waals surface area contributed by atoms with Crippen LogP contribution < -0.4 is 10.1 Å². The number of benzene rings is 2. The smallest absolute Gasteiger partial charge is 0.341 e. The maximum absolute atomic E-state index is 13.5. The Bertz CT molecular complexity index is 989. The van der Waals surface area contributed by atoms with E-state index in [2.05, 4.69) is 15.5 Å². The van der Waals surface area contributed by atoms with E-state index in [9.17, 15) is 14.0 Å². The van der Waals surface area contributed by atoms with Gasteiger partial charge >= 0.3 is 5.97 Å². The Morgan fingerprint density at radius 1 is 1.14 bits per heavy atom. The topological polar surface area (TPSA) is 104 Å². The van der Waals surface area contributed by atoms with Gasteiger partial charge in [0.05, 0.1) is 24.8 Å². The first-order chi connectivity index (χ1) is 13.6. The van der Waals surface area contributed by atoms with Crippen LogP contribution in [0, 0.1) is 5.82 Å². The molecule has 3 aromatic rings. The van der Waals surface area contributed by atoms with Gasteiger partial charge < -0.3 is 19.3 Å². The number of halogens is 1. The molecule has 0 aliphatic rings. The number of hydrogen-bond donors (Lipinski definition) is 1. The molecule has 28 heavy (non-hydrogen) atoms. The van der Waals surface area contributed by atoms with Crippen LogP contribution >= 0.6 is 0 Å². The second kappa shape index (κ2) is 8.76. The molecule has 0 saturated carbocycles. The van der Waals surface area contributed by atoms with Crippen LogP contribution in [0.4, 0.5) is 10.1 Å². The third-order valence-corrected chi connectivity index (χ3v) is 3.63. The zero-order valence-electron chi connectivity index (χ0n) is 14.8. The Hall–Kier alpha value is -3.75. The van der Waals surface area contributed by atoms with Gasteiger partial charge in [-0.3, -0.25) is 4.79 Å². The van der Waals surface area contributed by atoms with Gasteiger partial charge in [-0.1, -0.05) is 29.4 Å². The second-order valence-electron chi connectivity index (χ2n) is 5.59. The van der Waals surface area contributed by atoms with Crippen molar-refractivity contribution in [2.24, 2.45) is 0 Å². The summed E-state index contributed by atoms with van der Waals surface area (Å²) in [4.78, 5) is 28.0. The molecular formula is C19H16FN3O5. The molecule has 0 spiro atoms. The molecule has 0 aliphatic carbocycles. The minimum Gasteiger partial charge on any atom is -0.495 e. The highest BCUT2D eigenvalue weighted by molar-refractivity contribution is 5.93. The lowest BCUT2D eigenvalue weighted by atomic mass is 10.2. The zero-order valence-corrected chi connectivity index (χ0v) is 14.8. The second-order valence-corrected chi connectivity index (χ2v) is 5.59. The summed E-state index contributed by atoms with van der Waals surface area (Å²) in [7, 11) is 1.50. The van der Waals surface area contributed by atoms with Crippen molar-refractivity contribution in [3.63, 3.8) is 0 Å². The van der Waals surface area contributed by atoms with E-state index in [-0.39, 0.29) is 36.2 Å². The van der Waals surface area contributed by atoms with Crippen LogP contribution in [-0.4, -0.2) is 29.1 Å². The van der Waals surface area contributed by atoms with Gasteiger partial charge in [0.1, 0.15) is 11.6 Å². The van der Waals surface area contributed by atoms with Crippen molar-refractivity contribution in [3.05, 3.63) is 71.6 Å². The quantitative estimate of drug-likeness (QED) is 0.624. The number of aromatic nitrogens is 2. The fourth-order valence-corrected chi connectivity index (χ4v) is 2.34. The van der Waals surface area contributed by atoms with Gasteiger partial charge in [0.2, 0.25) is 5.91 Å². The van der Waals surface area contributed by atoms with E-state index in [1.54, 1.807) is 24.3 Å². The van der Waals surface area contributed by atoms with Crippen LogP contribution in [0.3, 0.4) is 0 Å². The van der Waals surface area contributed by atoms with Crippen molar-refractivity contribution < 1.29 is 28.0 Å². The normalized spacial score (nSPS) is 10.4. The molecule has 0 saturated heterocycles. The van der Waals surface area contributed by atoms with Gasteiger partial charge in [-0.15, -0.1) is 0 Å². The zero-order chi connectivity index (χ0) is 19.9. The molecule has 144 valence electrons. The maximum atomic E-state index is 13.5. The van der Waals surface area contributed by atoms with E-state index in [0.29, 0.717) is 11.4 Å². The number of nitrogens with zero attached hydrogens (tertiary/aromatic N) is 2. The first-order valence-electron chi connectivity index (χ1n) is 8.23. The number of ether oxygens (including phenoxy) is 2. The molecule has 0 aliphatic heterocycles. The molecule has 8 nitrogen and oxygen atoms in total. The molecule has 1 amide bonds. The Morgan fingerprint density at radius 3 is 2.68 bits per heavy atom. The average Bonchev–Trinajstić information content (AvgIpc) is 3.14. The van der Waals surface area contributed by atoms with Crippen molar-refractivity contribution in [1.82, 2.24) is 10.1 Å². The summed E-state index contributed by atoms with van der Waals surface area (Å²) in [5.74, 6) is -1.29. The highest BCUT2D eigenvalue weighted by Gasteiger charge is 2.16. The molecular weight excluding hydrogens is 369 g/mol. The third-order valence-electron chi connectivity index (χ3n) is 3.63. The number of rotatable bonds is 7. The molecule has 2 aromatic carbocycles. The van der Waals surface area contributed by atoms with Crippen LogP contribution in [0.2, 0.25) is 0 Å². The summed E-state index contributed by atoms with van der Waals surface area (Å²) in [6.45, 7) is -0.339. The van der Waals surface area contributed by atoms with E-state index >= 15 is 0 Å². The van der Waals surface area contributed by atoms with Gasteiger partial charge in [0, 0.05) is 0 Å².